The molecular formula is C31H32N4O8S. The van der Waals surface area contributed by atoms with E-state index in [2.05, 4.69) is 15.6 Å². The summed E-state index contributed by atoms with van der Waals surface area (Å²) in [5.41, 5.74) is 1.65. The molecule has 0 radical (unpaired) electrons. The fraction of sp³-hybridized carbons (Fsp3) is 0.290. The first-order valence-corrected chi connectivity index (χ1v) is 14.8. The summed E-state index contributed by atoms with van der Waals surface area (Å²) in [4.78, 5) is 43.8. The monoisotopic (exact) mass is 620 g/mol. The predicted octanol–water partition coefficient (Wildman–Crippen LogP) is 3.63. The van der Waals surface area contributed by atoms with Crippen LogP contribution in [-0.2, 0) is 22.6 Å². The number of hydrogen-bond donors (Lipinski definition) is 2. The van der Waals surface area contributed by atoms with Crippen LogP contribution in [0.3, 0.4) is 0 Å². The third kappa shape index (κ3) is 7.17. The molecule has 0 bridgehead atoms. The van der Waals surface area contributed by atoms with Crippen molar-refractivity contribution in [3.05, 3.63) is 70.5 Å². The molecule has 4 aromatic rings. The largest absolute Gasteiger partial charge is 0.497 e. The Morgan fingerprint density at radius 2 is 1.68 bits per heavy atom. The maximum absolute atomic E-state index is 13.6. The van der Waals surface area contributed by atoms with Crippen LogP contribution in [0.5, 0.6) is 28.7 Å². The number of carbonyl (C=O) groups excluding carboxylic acids is 2. The van der Waals surface area contributed by atoms with E-state index in [-0.39, 0.29) is 42.9 Å². The molecule has 0 spiro atoms. The first-order chi connectivity index (χ1) is 21.4. The number of nitrogens with zero attached hydrogens (tertiary/aromatic N) is 2. The Bertz CT molecular complexity index is 1730. The number of aromatic nitrogens is 2. The molecule has 3 aromatic carbocycles. The van der Waals surface area contributed by atoms with Crippen molar-refractivity contribution in [2.45, 2.75) is 24.5 Å². The number of carbonyl (C=O) groups is 2. The van der Waals surface area contributed by atoms with Gasteiger partial charge in [0.05, 0.1) is 38.0 Å². The summed E-state index contributed by atoms with van der Waals surface area (Å²) in [7, 11) is 4.71. The standard InChI is InChI=1S/C31H32N4O8S/c1-39-21-7-5-20(6-8-21)33-29(37)17-44-31-34-23-16-27-26(42-18-43-27)15-22(23)30(38)35(31)13-11-28(36)32-12-10-19-4-9-24(40-2)25(14-19)41-3/h4-9,14-16H,10-13,17-18H2,1-3H3,(H,32,36)(H,33,37). The molecule has 2 N–H and O–H groups in total. The quantitative estimate of drug-likeness (QED) is 0.168. The van der Waals surface area contributed by atoms with Crippen molar-refractivity contribution >= 4 is 40.2 Å². The molecule has 5 rings (SSSR count). The molecule has 230 valence electrons. The van der Waals surface area contributed by atoms with Crippen LogP contribution in [0.25, 0.3) is 10.9 Å². The fourth-order valence-corrected chi connectivity index (χ4v) is 5.41. The lowest BCUT2D eigenvalue weighted by atomic mass is 10.1. The minimum atomic E-state index is -0.343. The van der Waals surface area contributed by atoms with E-state index in [1.807, 2.05) is 18.2 Å². The number of hydrogen-bond acceptors (Lipinski definition) is 10. The highest BCUT2D eigenvalue weighted by Gasteiger charge is 2.20. The van der Waals surface area contributed by atoms with Crippen LogP contribution in [0, 0.1) is 0 Å². The first kappa shape index (κ1) is 30.5. The number of ether oxygens (including phenoxy) is 5. The molecule has 13 heteroatoms. The minimum Gasteiger partial charge on any atom is -0.497 e. The van der Waals surface area contributed by atoms with Gasteiger partial charge in [-0.3, -0.25) is 19.0 Å². The molecular weight excluding hydrogens is 588 g/mol. The topological polar surface area (TPSA) is 139 Å². The number of nitrogens with one attached hydrogen (secondary N) is 2. The zero-order chi connectivity index (χ0) is 31.1. The van der Waals surface area contributed by atoms with Gasteiger partial charge < -0.3 is 34.3 Å². The molecule has 44 heavy (non-hydrogen) atoms. The molecule has 0 saturated carbocycles. The number of benzene rings is 3. The van der Waals surface area contributed by atoms with E-state index < -0.39 is 0 Å². The van der Waals surface area contributed by atoms with Gasteiger partial charge in [0.25, 0.3) is 5.56 Å². The Kier molecular flexibility index (Phi) is 9.75. The third-order valence-corrected chi connectivity index (χ3v) is 7.84. The average Bonchev–Trinajstić information content (AvgIpc) is 3.50. The lowest BCUT2D eigenvalue weighted by Gasteiger charge is -2.14. The Labute approximate surface area is 257 Å². The highest BCUT2D eigenvalue weighted by molar-refractivity contribution is 7.99. The summed E-state index contributed by atoms with van der Waals surface area (Å²) in [5, 5.41) is 6.36. The van der Waals surface area contributed by atoms with E-state index in [0.29, 0.717) is 63.5 Å². The van der Waals surface area contributed by atoms with E-state index in [0.717, 1.165) is 17.3 Å². The summed E-state index contributed by atoms with van der Waals surface area (Å²) < 4.78 is 28.1. The summed E-state index contributed by atoms with van der Waals surface area (Å²) in [6.45, 7) is 0.521. The van der Waals surface area contributed by atoms with E-state index in [9.17, 15) is 14.4 Å². The highest BCUT2D eigenvalue weighted by atomic mass is 32.2. The second-order valence-electron chi connectivity index (χ2n) is 9.68. The van der Waals surface area contributed by atoms with Gasteiger partial charge in [0.2, 0.25) is 18.6 Å². The predicted molar refractivity (Wildman–Crippen MR) is 165 cm³/mol. The summed E-state index contributed by atoms with van der Waals surface area (Å²) in [6.07, 6.45) is 0.621. The molecule has 0 saturated heterocycles. The van der Waals surface area contributed by atoms with Gasteiger partial charge in [-0.05, 0) is 54.4 Å². The fourth-order valence-electron chi connectivity index (χ4n) is 4.58. The zero-order valence-corrected chi connectivity index (χ0v) is 25.3. The van der Waals surface area contributed by atoms with Gasteiger partial charge in [0.1, 0.15) is 5.75 Å². The van der Waals surface area contributed by atoms with Crippen LogP contribution in [0.2, 0.25) is 0 Å². The van der Waals surface area contributed by atoms with Crippen molar-refractivity contribution in [1.82, 2.24) is 14.9 Å². The number of thioether (sulfide) groups is 1. The Morgan fingerprint density at radius 1 is 0.932 bits per heavy atom. The molecule has 1 aliphatic rings. The molecule has 0 aliphatic carbocycles. The Hall–Kier alpha value is -4.91. The number of amides is 2. The molecule has 0 atom stereocenters. The van der Waals surface area contributed by atoms with Crippen LogP contribution in [-0.4, -0.2) is 61.8 Å². The van der Waals surface area contributed by atoms with Gasteiger partial charge in [-0.15, -0.1) is 0 Å². The number of methoxy groups -OCH3 is 3. The van der Waals surface area contributed by atoms with Gasteiger partial charge in [-0.25, -0.2) is 4.98 Å². The lowest BCUT2D eigenvalue weighted by Crippen LogP contribution is -2.30. The summed E-state index contributed by atoms with van der Waals surface area (Å²) >= 11 is 1.11. The SMILES string of the molecule is COc1ccc(NC(=O)CSc2nc3cc4c(cc3c(=O)n2CCC(=O)NCCc2ccc(OC)c(OC)c2)OCO4)cc1. The van der Waals surface area contributed by atoms with Crippen LogP contribution >= 0.6 is 11.8 Å². The lowest BCUT2D eigenvalue weighted by molar-refractivity contribution is -0.121. The molecule has 12 nitrogen and oxygen atoms in total. The number of fused-ring (bicyclic) bond motifs is 2. The van der Waals surface area contributed by atoms with Gasteiger partial charge in [-0.2, -0.15) is 0 Å². The maximum atomic E-state index is 13.6. The third-order valence-electron chi connectivity index (χ3n) is 6.87. The molecule has 2 heterocycles. The van der Waals surface area contributed by atoms with Gasteiger partial charge in [0.15, 0.2) is 28.2 Å². The Morgan fingerprint density at radius 3 is 2.41 bits per heavy atom. The van der Waals surface area contributed by atoms with Crippen molar-refractivity contribution in [2.75, 3.05) is 45.7 Å². The van der Waals surface area contributed by atoms with E-state index in [4.69, 9.17) is 23.7 Å². The van der Waals surface area contributed by atoms with Gasteiger partial charge >= 0.3 is 0 Å². The van der Waals surface area contributed by atoms with E-state index in [1.165, 1.54) is 4.57 Å². The smallest absolute Gasteiger partial charge is 0.262 e. The maximum Gasteiger partial charge on any atom is 0.262 e. The average molecular weight is 621 g/mol. The van der Waals surface area contributed by atoms with Crippen molar-refractivity contribution in [3.8, 4) is 28.7 Å². The van der Waals surface area contributed by atoms with Crippen molar-refractivity contribution in [2.24, 2.45) is 0 Å². The van der Waals surface area contributed by atoms with E-state index >= 15 is 0 Å². The van der Waals surface area contributed by atoms with E-state index in [1.54, 1.807) is 57.7 Å². The number of rotatable bonds is 13. The van der Waals surface area contributed by atoms with Crippen molar-refractivity contribution < 1.29 is 33.3 Å². The molecule has 1 aromatic heterocycles. The second-order valence-corrected chi connectivity index (χ2v) is 10.6. The summed E-state index contributed by atoms with van der Waals surface area (Å²) in [5.74, 6) is 2.35. The van der Waals surface area contributed by atoms with Gasteiger partial charge in [-0.1, -0.05) is 17.8 Å². The van der Waals surface area contributed by atoms with Crippen LogP contribution in [0.15, 0.2) is 64.5 Å². The summed E-state index contributed by atoms with van der Waals surface area (Å²) in [6, 6.07) is 15.8. The molecule has 1 aliphatic heterocycles. The minimum absolute atomic E-state index is 0.00789. The molecule has 0 unspecified atom stereocenters. The first-order valence-electron chi connectivity index (χ1n) is 13.8. The molecule has 0 fully saturated rings. The second kappa shape index (κ2) is 14.0. The van der Waals surface area contributed by atoms with Crippen LogP contribution in [0.4, 0.5) is 5.69 Å². The van der Waals surface area contributed by atoms with Crippen LogP contribution < -0.4 is 39.9 Å². The molecule has 2 amide bonds. The zero-order valence-electron chi connectivity index (χ0n) is 24.5. The Balaban J connectivity index is 1.27. The normalized spacial score (nSPS) is 11.7. The number of anilines is 1. The van der Waals surface area contributed by atoms with Gasteiger partial charge in [0, 0.05) is 31.3 Å². The van der Waals surface area contributed by atoms with Crippen LogP contribution in [0.1, 0.15) is 12.0 Å². The van der Waals surface area contributed by atoms with Crippen molar-refractivity contribution in [3.63, 3.8) is 0 Å². The highest BCUT2D eigenvalue weighted by Crippen LogP contribution is 2.35. The van der Waals surface area contributed by atoms with Crippen molar-refractivity contribution in [1.29, 1.82) is 0 Å².